The van der Waals surface area contributed by atoms with Crippen molar-refractivity contribution in [2.45, 2.75) is 70.9 Å². The Morgan fingerprint density at radius 3 is 2.40 bits per heavy atom. The number of rotatable bonds is 7. The van der Waals surface area contributed by atoms with Crippen LogP contribution in [-0.2, 0) is 4.43 Å². The van der Waals surface area contributed by atoms with Crippen LogP contribution in [0.4, 0.5) is 0 Å². The van der Waals surface area contributed by atoms with Crippen LogP contribution in [0.3, 0.4) is 0 Å². The van der Waals surface area contributed by atoms with Gasteiger partial charge >= 0.3 is 0 Å². The van der Waals surface area contributed by atoms with Crippen molar-refractivity contribution in [3.8, 4) is 0 Å². The fraction of sp³-hybridized carbons (Fsp3) is 0.550. The van der Waals surface area contributed by atoms with Crippen LogP contribution in [0, 0.1) is 0 Å². The Morgan fingerprint density at radius 2 is 1.84 bits per heavy atom. The van der Waals surface area contributed by atoms with Crippen molar-refractivity contribution in [3.63, 3.8) is 0 Å². The zero-order valence-electron chi connectivity index (χ0n) is 16.2. The van der Waals surface area contributed by atoms with Gasteiger partial charge in [-0.25, -0.2) is 4.98 Å². The molecule has 2 rings (SSSR count). The molecular formula is C20H31NO3Si. The van der Waals surface area contributed by atoms with E-state index in [2.05, 4.69) is 45.8 Å². The van der Waals surface area contributed by atoms with Gasteiger partial charge < -0.3 is 13.9 Å². The van der Waals surface area contributed by atoms with Crippen molar-refractivity contribution in [2.75, 3.05) is 0 Å². The van der Waals surface area contributed by atoms with Crippen LogP contribution < -0.4 is 0 Å². The zero-order chi connectivity index (χ0) is 18.7. The maximum atomic E-state index is 10.5. The molecule has 0 saturated heterocycles. The fourth-order valence-electron chi connectivity index (χ4n) is 2.41. The quantitative estimate of drug-likeness (QED) is 0.650. The van der Waals surface area contributed by atoms with Crippen LogP contribution in [-0.4, -0.2) is 18.4 Å². The molecule has 1 aromatic heterocycles. The van der Waals surface area contributed by atoms with Gasteiger partial charge in [0.25, 0.3) is 0 Å². The summed E-state index contributed by atoms with van der Waals surface area (Å²) < 4.78 is 12.1. The first kappa shape index (κ1) is 19.9. The van der Waals surface area contributed by atoms with Gasteiger partial charge in [-0.15, -0.1) is 0 Å². The van der Waals surface area contributed by atoms with Crippen LogP contribution >= 0.6 is 0 Å². The maximum Gasteiger partial charge on any atom is 0.227 e. The Morgan fingerprint density at radius 1 is 1.20 bits per heavy atom. The lowest BCUT2D eigenvalue weighted by molar-refractivity contribution is 0.167. The van der Waals surface area contributed by atoms with E-state index in [0.717, 1.165) is 24.1 Å². The highest BCUT2D eigenvalue weighted by atomic mass is 28.4. The molecule has 25 heavy (non-hydrogen) atoms. The number of aliphatic hydroxyl groups excluding tert-OH is 1. The molecule has 0 aliphatic carbocycles. The Kier molecular flexibility index (Phi) is 6.24. The summed E-state index contributed by atoms with van der Waals surface area (Å²) in [4.78, 5) is 4.55. The van der Waals surface area contributed by atoms with E-state index in [9.17, 15) is 5.11 Å². The number of aromatic nitrogens is 1. The molecular weight excluding hydrogens is 330 g/mol. The van der Waals surface area contributed by atoms with Gasteiger partial charge in [0.15, 0.2) is 14.4 Å². The molecule has 0 aliphatic rings. The minimum absolute atomic E-state index is 0.0913. The molecule has 0 bridgehead atoms. The Balaban J connectivity index is 2.22. The van der Waals surface area contributed by atoms with E-state index in [1.165, 1.54) is 0 Å². The van der Waals surface area contributed by atoms with E-state index in [0.29, 0.717) is 5.89 Å². The summed E-state index contributed by atoms with van der Waals surface area (Å²) in [7, 11) is -1.91. The summed E-state index contributed by atoms with van der Waals surface area (Å²) in [6.07, 6.45) is 2.58. The third-order valence-electron chi connectivity index (χ3n) is 5.01. The minimum Gasteiger partial charge on any atom is -0.445 e. The smallest absolute Gasteiger partial charge is 0.227 e. The van der Waals surface area contributed by atoms with E-state index in [1.54, 1.807) is 6.26 Å². The van der Waals surface area contributed by atoms with E-state index < -0.39 is 14.4 Å². The molecule has 0 radical (unpaired) electrons. The molecule has 2 atom stereocenters. The second-order valence-corrected chi connectivity index (χ2v) is 12.8. The summed E-state index contributed by atoms with van der Waals surface area (Å²) >= 11 is 0. The zero-order valence-corrected chi connectivity index (χ0v) is 17.2. The molecule has 0 saturated carbocycles. The third kappa shape index (κ3) is 4.81. The molecule has 0 spiro atoms. The van der Waals surface area contributed by atoms with Gasteiger partial charge in [-0.3, -0.25) is 0 Å². The van der Waals surface area contributed by atoms with Gasteiger partial charge in [0.2, 0.25) is 5.89 Å². The SMILES string of the molecule is CCCC(O[Si](C)(C)C(C)(C)C)c1coc(C(O)c2ccccc2)n1. The molecule has 0 amide bonds. The summed E-state index contributed by atoms with van der Waals surface area (Å²) in [5, 5.41) is 10.6. The van der Waals surface area contributed by atoms with Gasteiger partial charge in [-0.1, -0.05) is 64.4 Å². The van der Waals surface area contributed by atoms with Crippen molar-refractivity contribution in [2.24, 2.45) is 0 Å². The topological polar surface area (TPSA) is 55.5 Å². The summed E-state index contributed by atoms with van der Waals surface area (Å²) in [6.45, 7) is 13.3. The standard InChI is InChI=1S/C20H31NO3Si/c1-7-11-17(24-25(5,6)20(2,3)4)16-14-23-19(21-16)18(22)15-12-9-8-10-13-15/h8-10,12-14,17-18,22H,7,11H2,1-6H3. The molecule has 5 heteroatoms. The molecule has 1 N–H and O–H groups in total. The molecule has 4 nitrogen and oxygen atoms in total. The van der Waals surface area contributed by atoms with E-state index in [1.807, 2.05) is 30.3 Å². The molecule has 0 aliphatic heterocycles. The van der Waals surface area contributed by atoms with Crippen LogP contribution in [0.15, 0.2) is 41.0 Å². The van der Waals surface area contributed by atoms with Gasteiger partial charge in [0.1, 0.15) is 12.0 Å². The average molecular weight is 362 g/mol. The molecule has 1 aromatic carbocycles. The monoisotopic (exact) mass is 361 g/mol. The summed E-state index contributed by atoms with van der Waals surface area (Å²) in [5.41, 5.74) is 1.55. The minimum atomic E-state index is -1.91. The lowest BCUT2D eigenvalue weighted by Crippen LogP contribution is -2.41. The summed E-state index contributed by atoms with van der Waals surface area (Å²) in [5.74, 6) is 0.320. The first-order valence-corrected chi connectivity index (χ1v) is 11.9. The predicted octanol–water partition coefficient (Wildman–Crippen LogP) is 5.62. The van der Waals surface area contributed by atoms with Crippen LogP contribution in [0.5, 0.6) is 0 Å². The van der Waals surface area contributed by atoms with E-state index >= 15 is 0 Å². The van der Waals surface area contributed by atoms with Crippen molar-refractivity contribution in [1.82, 2.24) is 4.98 Å². The fourth-order valence-corrected chi connectivity index (χ4v) is 3.72. The molecule has 0 fully saturated rings. The second-order valence-electron chi connectivity index (χ2n) is 8.08. The van der Waals surface area contributed by atoms with Gasteiger partial charge in [0, 0.05) is 0 Å². The van der Waals surface area contributed by atoms with E-state index in [4.69, 9.17) is 8.84 Å². The lowest BCUT2D eigenvalue weighted by Gasteiger charge is -2.38. The van der Waals surface area contributed by atoms with Crippen molar-refractivity contribution in [1.29, 1.82) is 0 Å². The number of hydrogen-bond donors (Lipinski definition) is 1. The molecule has 1 heterocycles. The summed E-state index contributed by atoms with van der Waals surface area (Å²) in [6, 6.07) is 9.43. The first-order chi connectivity index (χ1) is 11.7. The number of benzene rings is 1. The second kappa shape index (κ2) is 7.85. The molecule has 2 unspecified atom stereocenters. The number of aliphatic hydroxyl groups is 1. The van der Waals surface area contributed by atoms with Crippen molar-refractivity contribution >= 4 is 8.32 Å². The van der Waals surface area contributed by atoms with Crippen LogP contribution in [0.1, 0.15) is 69.9 Å². The van der Waals surface area contributed by atoms with Crippen molar-refractivity contribution < 1.29 is 13.9 Å². The average Bonchev–Trinajstić information content (AvgIpc) is 3.03. The number of hydrogen-bond acceptors (Lipinski definition) is 4. The largest absolute Gasteiger partial charge is 0.445 e. The number of oxazole rings is 1. The van der Waals surface area contributed by atoms with E-state index in [-0.39, 0.29) is 11.1 Å². The normalized spacial score (nSPS) is 15.2. The Bertz CT molecular complexity index is 661. The highest BCUT2D eigenvalue weighted by Crippen LogP contribution is 2.40. The highest BCUT2D eigenvalue weighted by Gasteiger charge is 2.40. The van der Waals surface area contributed by atoms with Crippen LogP contribution in [0.25, 0.3) is 0 Å². The lowest BCUT2D eigenvalue weighted by atomic mass is 10.1. The van der Waals surface area contributed by atoms with Gasteiger partial charge in [-0.05, 0) is 30.1 Å². The third-order valence-corrected chi connectivity index (χ3v) is 9.50. The molecule has 138 valence electrons. The van der Waals surface area contributed by atoms with Crippen molar-refractivity contribution in [3.05, 3.63) is 53.7 Å². The predicted molar refractivity (Wildman–Crippen MR) is 103 cm³/mol. The Labute approximate surface area is 152 Å². The number of nitrogens with zero attached hydrogens (tertiary/aromatic N) is 1. The van der Waals surface area contributed by atoms with Gasteiger partial charge in [-0.2, -0.15) is 0 Å². The first-order valence-electron chi connectivity index (χ1n) is 9.02. The Hall–Kier alpha value is -1.43. The highest BCUT2D eigenvalue weighted by molar-refractivity contribution is 6.74. The van der Waals surface area contributed by atoms with Gasteiger partial charge in [0.05, 0.1) is 6.10 Å². The maximum absolute atomic E-state index is 10.5. The van der Waals surface area contributed by atoms with Crippen LogP contribution in [0.2, 0.25) is 18.1 Å². The molecule has 2 aromatic rings.